The molecular weight excluding hydrogens is 248 g/mol. The van der Waals surface area contributed by atoms with Gasteiger partial charge in [0.15, 0.2) is 0 Å². The second-order valence-electron chi connectivity index (χ2n) is 5.88. The van der Waals surface area contributed by atoms with Gasteiger partial charge in [0.25, 0.3) is 5.56 Å². The van der Waals surface area contributed by atoms with Crippen molar-refractivity contribution in [3.05, 3.63) is 46.2 Å². The lowest BCUT2D eigenvalue weighted by Gasteiger charge is -2.16. The van der Waals surface area contributed by atoms with Crippen molar-refractivity contribution in [2.75, 3.05) is 0 Å². The summed E-state index contributed by atoms with van der Waals surface area (Å²) < 4.78 is 0. The quantitative estimate of drug-likeness (QED) is 0.846. The highest BCUT2D eigenvalue weighted by Crippen LogP contribution is 2.34. The normalized spacial score (nSPS) is 16.4. The second-order valence-corrected chi connectivity index (χ2v) is 5.88. The maximum absolute atomic E-state index is 12.1. The third kappa shape index (κ3) is 3.10. The Kier molecular flexibility index (Phi) is 3.88. The molecule has 3 rings (SSSR count). The molecule has 1 heterocycles. The van der Waals surface area contributed by atoms with Gasteiger partial charge in [0.1, 0.15) is 0 Å². The van der Waals surface area contributed by atoms with Gasteiger partial charge < -0.3 is 10.3 Å². The predicted molar refractivity (Wildman–Crippen MR) is 82.8 cm³/mol. The summed E-state index contributed by atoms with van der Waals surface area (Å²) in [5.41, 5.74) is 1.77. The number of benzene rings is 1. The van der Waals surface area contributed by atoms with E-state index in [1.165, 1.54) is 19.3 Å². The molecule has 0 radical (unpaired) electrons. The van der Waals surface area contributed by atoms with E-state index in [2.05, 4.69) is 17.2 Å². The van der Waals surface area contributed by atoms with E-state index >= 15 is 0 Å². The lowest BCUT2D eigenvalue weighted by atomic mass is 10.1. The zero-order chi connectivity index (χ0) is 13.9. The van der Waals surface area contributed by atoms with Gasteiger partial charge in [0.05, 0.1) is 0 Å². The van der Waals surface area contributed by atoms with Crippen molar-refractivity contribution >= 4 is 10.9 Å². The van der Waals surface area contributed by atoms with Crippen LogP contribution in [0.5, 0.6) is 0 Å². The number of rotatable bonds is 6. The molecule has 3 nitrogen and oxygen atoms in total. The van der Waals surface area contributed by atoms with Crippen LogP contribution >= 0.6 is 0 Å². The van der Waals surface area contributed by atoms with E-state index in [0.717, 1.165) is 28.8 Å². The number of nitrogens with one attached hydrogen (secondary N) is 2. The van der Waals surface area contributed by atoms with Gasteiger partial charge in [-0.25, -0.2) is 0 Å². The zero-order valence-electron chi connectivity index (χ0n) is 12.0. The highest BCUT2D eigenvalue weighted by Gasteiger charge is 2.24. The number of pyridine rings is 1. The third-order valence-electron chi connectivity index (χ3n) is 4.22. The van der Waals surface area contributed by atoms with E-state index in [1.807, 2.05) is 30.3 Å². The summed E-state index contributed by atoms with van der Waals surface area (Å²) in [6.45, 7) is 2.87. The smallest absolute Gasteiger partial charge is 0.252 e. The van der Waals surface area contributed by atoms with E-state index in [-0.39, 0.29) is 5.56 Å². The number of hydrogen-bond donors (Lipinski definition) is 2. The van der Waals surface area contributed by atoms with Crippen molar-refractivity contribution in [3.63, 3.8) is 0 Å². The SMILES string of the molecule is CCC(CC1CC1)NCc1cc2ccccc2[nH]c1=O. The van der Waals surface area contributed by atoms with E-state index in [9.17, 15) is 4.79 Å². The lowest BCUT2D eigenvalue weighted by Crippen LogP contribution is -2.30. The highest BCUT2D eigenvalue weighted by atomic mass is 16.1. The van der Waals surface area contributed by atoms with Crippen LogP contribution in [0.25, 0.3) is 10.9 Å². The third-order valence-corrected chi connectivity index (χ3v) is 4.22. The molecule has 2 aromatic rings. The van der Waals surface area contributed by atoms with Crippen molar-refractivity contribution in [3.8, 4) is 0 Å². The Morgan fingerprint density at radius 3 is 2.90 bits per heavy atom. The standard InChI is InChI=1S/C17H22N2O/c1-2-15(9-12-7-8-12)18-11-14-10-13-5-3-4-6-16(13)19-17(14)20/h3-6,10,12,15,18H,2,7-9,11H2,1H3,(H,19,20). The van der Waals surface area contributed by atoms with Crippen LogP contribution in [-0.4, -0.2) is 11.0 Å². The van der Waals surface area contributed by atoms with Crippen molar-refractivity contribution in [2.24, 2.45) is 5.92 Å². The average Bonchev–Trinajstić information content (AvgIpc) is 3.27. The molecular formula is C17H22N2O. The fraction of sp³-hybridized carbons (Fsp3) is 0.471. The van der Waals surface area contributed by atoms with Crippen molar-refractivity contribution in [1.29, 1.82) is 0 Å². The van der Waals surface area contributed by atoms with Crippen molar-refractivity contribution < 1.29 is 0 Å². The molecule has 1 unspecified atom stereocenters. The Labute approximate surface area is 119 Å². The number of aromatic nitrogens is 1. The highest BCUT2D eigenvalue weighted by molar-refractivity contribution is 5.78. The fourth-order valence-corrected chi connectivity index (χ4v) is 2.73. The van der Waals surface area contributed by atoms with Gasteiger partial charge in [-0.15, -0.1) is 0 Å². The van der Waals surface area contributed by atoms with Crippen molar-refractivity contribution in [2.45, 2.75) is 45.2 Å². The van der Waals surface area contributed by atoms with Gasteiger partial charge in [-0.2, -0.15) is 0 Å². The molecule has 106 valence electrons. The average molecular weight is 270 g/mol. The van der Waals surface area contributed by atoms with Crippen molar-refractivity contribution in [1.82, 2.24) is 10.3 Å². The summed E-state index contributed by atoms with van der Waals surface area (Å²) >= 11 is 0. The minimum atomic E-state index is 0.0254. The van der Waals surface area contributed by atoms with E-state index < -0.39 is 0 Å². The van der Waals surface area contributed by atoms with E-state index in [0.29, 0.717) is 12.6 Å². The van der Waals surface area contributed by atoms with Gasteiger partial charge in [-0.3, -0.25) is 4.79 Å². The van der Waals surface area contributed by atoms with Gasteiger partial charge in [0, 0.05) is 23.7 Å². The molecule has 0 spiro atoms. The van der Waals surface area contributed by atoms with Gasteiger partial charge in [-0.1, -0.05) is 38.0 Å². The largest absolute Gasteiger partial charge is 0.322 e. The lowest BCUT2D eigenvalue weighted by molar-refractivity contribution is 0.444. The Hall–Kier alpha value is -1.61. The molecule has 0 amide bonds. The first-order valence-corrected chi connectivity index (χ1v) is 7.60. The number of para-hydroxylation sites is 1. The number of aromatic amines is 1. The summed E-state index contributed by atoms with van der Waals surface area (Å²) in [6, 6.07) is 10.5. The van der Waals surface area contributed by atoms with Crippen LogP contribution in [0.3, 0.4) is 0 Å². The van der Waals surface area contributed by atoms with Crippen LogP contribution in [0.2, 0.25) is 0 Å². The monoisotopic (exact) mass is 270 g/mol. The van der Waals surface area contributed by atoms with Crippen LogP contribution in [-0.2, 0) is 6.54 Å². The van der Waals surface area contributed by atoms with Gasteiger partial charge in [0.2, 0.25) is 0 Å². The van der Waals surface area contributed by atoms with Gasteiger partial charge in [-0.05, 0) is 36.3 Å². The second kappa shape index (κ2) is 5.80. The number of H-pyrrole nitrogens is 1. The predicted octanol–water partition coefficient (Wildman–Crippen LogP) is 3.20. The van der Waals surface area contributed by atoms with Gasteiger partial charge >= 0.3 is 0 Å². The zero-order valence-corrected chi connectivity index (χ0v) is 12.0. The molecule has 20 heavy (non-hydrogen) atoms. The van der Waals surface area contributed by atoms with E-state index in [4.69, 9.17) is 0 Å². The van der Waals surface area contributed by atoms with Crippen LogP contribution in [0.4, 0.5) is 0 Å². The number of hydrogen-bond acceptors (Lipinski definition) is 2. The minimum absolute atomic E-state index is 0.0254. The molecule has 1 aliphatic rings. The van der Waals surface area contributed by atoms with Crippen LogP contribution in [0.1, 0.15) is 38.2 Å². The van der Waals surface area contributed by atoms with Crippen LogP contribution in [0, 0.1) is 5.92 Å². The topological polar surface area (TPSA) is 44.9 Å². The van der Waals surface area contributed by atoms with Crippen LogP contribution in [0.15, 0.2) is 35.1 Å². The fourth-order valence-electron chi connectivity index (χ4n) is 2.73. The molecule has 0 aliphatic heterocycles. The molecule has 1 atom stereocenters. The molecule has 1 saturated carbocycles. The molecule has 3 heteroatoms. The summed E-state index contributed by atoms with van der Waals surface area (Å²) in [4.78, 5) is 15.0. The molecule has 1 aromatic carbocycles. The molecule has 1 fully saturated rings. The Bertz CT molecular complexity index is 643. The maximum Gasteiger partial charge on any atom is 0.252 e. The molecule has 1 aromatic heterocycles. The van der Waals surface area contributed by atoms with Crippen LogP contribution < -0.4 is 10.9 Å². The summed E-state index contributed by atoms with van der Waals surface area (Å²) in [7, 11) is 0. The maximum atomic E-state index is 12.1. The first kappa shape index (κ1) is 13.4. The first-order valence-electron chi connectivity index (χ1n) is 7.60. The molecule has 0 bridgehead atoms. The van der Waals surface area contributed by atoms with E-state index in [1.54, 1.807) is 0 Å². The number of fused-ring (bicyclic) bond motifs is 1. The Morgan fingerprint density at radius 2 is 2.15 bits per heavy atom. The molecule has 1 aliphatic carbocycles. The summed E-state index contributed by atoms with van der Waals surface area (Å²) in [5.74, 6) is 0.919. The first-order chi connectivity index (χ1) is 9.76. The Morgan fingerprint density at radius 1 is 1.35 bits per heavy atom. The Balaban J connectivity index is 1.72. The summed E-state index contributed by atoms with van der Waals surface area (Å²) in [6.07, 6.45) is 5.15. The summed E-state index contributed by atoms with van der Waals surface area (Å²) in [5, 5.41) is 4.64. The minimum Gasteiger partial charge on any atom is -0.322 e. The molecule has 0 saturated heterocycles. The molecule has 2 N–H and O–H groups in total.